The number of benzene rings is 2. The lowest BCUT2D eigenvalue weighted by molar-refractivity contribution is -0.0963. The SMILES string of the molecule is C1CCCNCC1.C1CCCOCC1.C1CCNCC1.C1CCOCC1.C1CNCCN1.C1COCCN1.C1COCOC1.C1COCSC1.C1CSCCN1.C1NCC2CC12.CC.CC.CC.CC.CC.CC.CC.CC.CC.CC.CC.CC.CC.O=S1(=O)CCCC1.c1ccc2c(c1)CCNC2.c1ccc2c(c1)OCCO2. The third-order valence-corrected chi connectivity index (χ3v) is 19.4. The number of morpholine rings is 1. The average Bonchev–Trinajstić information content (AvgIpc) is 1.65. The van der Waals surface area contributed by atoms with Crippen LogP contribution in [0.5, 0.6) is 11.5 Å². The Morgan fingerprint density at radius 3 is 0.878 bits per heavy atom. The van der Waals surface area contributed by atoms with Crippen LogP contribution >= 0.6 is 23.5 Å². The quantitative estimate of drug-likeness (QED) is 0.124. The number of fused-ring (bicyclic) bond motifs is 3. The molecular formula is C94H204N8O10S3. The minimum Gasteiger partial charge on any atom is -0.486 e. The predicted molar refractivity (Wildman–Crippen MR) is 520 cm³/mol. The minimum absolute atomic E-state index is 0.424. The van der Waals surface area contributed by atoms with E-state index in [0.29, 0.717) is 31.5 Å². The standard InChI is InChI=1S/C9H11N.C8H8O2.C6H13N.C6H12O.C5H9N.C5H11N.C5H10O.C4H10N2.C4H9NO.C4H9NS.C4H8O2S.C4H8O2.C4H8OS.13C2H6/c1-2-4-9-7-10-6-5-8(9)3-1;1-2-4-8-7(3-1)9-5-6-10-8;2*1-2-4-6-7-5-3-1;1-4-2-6-3-5(1)4;2*1-2-4-6-5-3-1;1-2-6-4-3-5-1;2*1-3-6-4-2-5-1;5-7(6)3-1-2-4-7;2*1-2-5-4-6-3-1;13*1-2/h1-4,10H,5-7H2;1-4H,5-6H2;7H,1-6H2;1-6H2;4-6H,1-3H2;6H,1-5H2;1-5H2;5-6H,1-4H2;2*5H,1-4H2;1-4H2;2*1-4H2;13*1-2H3. The average molecular weight is 1700 g/mol. The molecule has 0 spiro atoms. The molecule has 13 heterocycles. The lowest BCUT2D eigenvalue weighted by atomic mass is 10.0. The van der Waals surface area contributed by atoms with Crippen molar-refractivity contribution in [3.05, 3.63) is 59.7 Å². The zero-order valence-electron chi connectivity index (χ0n) is 81.3. The van der Waals surface area contributed by atoms with Crippen molar-refractivity contribution in [1.82, 2.24) is 42.5 Å². The highest BCUT2D eigenvalue weighted by molar-refractivity contribution is 7.99. The maximum atomic E-state index is 10.4. The molecule has 0 bridgehead atoms. The first-order chi connectivity index (χ1) is 57.1. The van der Waals surface area contributed by atoms with Crippen LogP contribution < -0.4 is 52.0 Å². The van der Waals surface area contributed by atoms with E-state index >= 15 is 0 Å². The van der Waals surface area contributed by atoms with Gasteiger partial charge in [0.05, 0.1) is 43.9 Å². The van der Waals surface area contributed by atoms with E-state index in [0.717, 1.165) is 160 Å². The molecule has 14 aliphatic rings. The molecule has 0 aromatic heterocycles. The molecule has 2 unspecified atom stereocenters. The fourth-order valence-electron chi connectivity index (χ4n) is 10.3. The Morgan fingerprint density at radius 2 is 0.635 bits per heavy atom. The van der Waals surface area contributed by atoms with Crippen LogP contribution in [0.1, 0.15) is 313 Å². The molecular weight excluding hydrogens is 1500 g/mol. The third-order valence-electron chi connectivity index (χ3n) is 15.7. The van der Waals surface area contributed by atoms with Gasteiger partial charge in [0.2, 0.25) is 0 Å². The zero-order chi connectivity index (χ0) is 88.5. The molecule has 115 heavy (non-hydrogen) atoms. The van der Waals surface area contributed by atoms with E-state index < -0.39 is 9.84 Å². The number of thioether (sulfide) groups is 2. The maximum Gasteiger partial charge on any atom is 0.161 e. The first-order valence-corrected chi connectivity index (χ1v) is 52.1. The summed E-state index contributed by atoms with van der Waals surface area (Å²) in [5.41, 5.74) is 2.98. The lowest BCUT2D eigenvalue weighted by Gasteiger charge is -2.17. The molecule has 698 valence electrons. The fourth-order valence-corrected chi connectivity index (χ4v) is 13.2. The van der Waals surface area contributed by atoms with E-state index in [1.165, 1.54) is 190 Å². The van der Waals surface area contributed by atoms with Crippen LogP contribution in [0.4, 0.5) is 0 Å². The highest BCUT2D eigenvalue weighted by atomic mass is 32.2. The van der Waals surface area contributed by atoms with E-state index in [1.807, 2.05) is 228 Å². The number of piperidine rings is 2. The second kappa shape index (κ2) is 133. The molecule has 2 aromatic rings. The van der Waals surface area contributed by atoms with Gasteiger partial charge in [0.15, 0.2) is 11.5 Å². The highest BCUT2D eigenvalue weighted by Crippen LogP contribution is 2.40. The predicted octanol–water partition coefficient (Wildman–Crippen LogP) is 21.8. The zero-order valence-corrected chi connectivity index (χ0v) is 83.7. The van der Waals surface area contributed by atoms with Gasteiger partial charge >= 0.3 is 0 Å². The Kier molecular flexibility index (Phi) is 154. The molecule has 1 aliphatic carbocycles. The summed E-state index contributed by atoms with van der Waals surface area (Å²) in [5.74, 6) is 9.58. The lowest BCUT2D eigenvalue weighted by Crippen LogP contribution is -2.39. The maximum absolute atomic E-state index is 10.4. The Bertz CT molecular complexity index is 1590. The van der Waals surface area contributed by atoms with Crippen molar-refractivity contribution in [1.29, 1.82) is 0 Å². The Hall–Kier alpha value is -1.87. The normalized spacial score (nSPS) is 19.5. The van der Waals surface area contributed by atoms with Crippen LogP contribution in [0.25, 0.3) is 0 Å². The van der Waals surface area contributed by atoms with Crippen molar-refractivity contribution in [2.75, 3.05) is 212 Å². The van der Waals surface area contributed by atoms with Gasteiger partial charge in [-0.1, -0.05) is 249 Å². The monoisotopic (exact) mass is 1700 g/mol. The van der Waals surface area contributed by atoms with Crippen LogP contribution in [-0.4, -0.2) is 221 Å². The molecule has 8 N–H and O–H groups in total. The second-order valence-corrected chi connectivity index (χ2v) is 28.2. The van der Waals surface area contributed by atoms with Crippen molar-refractivity contribution in [2.45, 2.75) is 315 Å². The molecule has 21 heteroatoms. The van der Waals surface area contributed by atoms with E-state index in [4.69, 9.17) is 37.9 Å². The molecule has 13 aliphatic heterocycles. The van der Waals surface area contributed by atoms with Crippen LogP contribution in [0.3, 0.4) is 0 Å². The Morgan fingerprint density at radius 1 is 0.287 bits per heavy atom. The molecule has 12 fully saturated rings. The first kappa shape index (κ1) is 134. The summed E-state index contributed by atoms with van der Waals surface area (Å²) < 4.78 is 61.5. The highest BCUT2D eigenvalue weighted by Gasteiger charge is 2.40. The molecule has 0 radical (unpaired) electrons. The number of rotatable bonds is 0. The largest absolute Gasteiger partial charge is 0.486 e. The van der Waals surface area contributed by atoms with Crippen LogP contribution in [0.15, 0.2) is 48.5 Å². The first-order valence-electron chi connectivity index (χ1n) is 48.0. The summed E-state index contributed by atoms with van der Waals surface area (Å²) in [4.78, 5) is 0. The fraction of sp³-hybridized carbons (Fsp3) is 0.872. The van der Waals surface area contributed by atoms with Crippen LogP contribution in [0.2, 0.25) is 0 Å². The molecule has 11 saturated heterocycles. The van der Waals surface area contributed by atoms with Gasteiger partial charge in [-0.2, -0.15) is 11.8 Å². The Balaban J connectivity index is -0.000000127. The molecule has 0 amide bonds. The number of hydrogen-bond donors (Lipinski definition) is 8. The van der Waals surface area contributed by atoms with Gasteiger partial charge < -0.3 is 80.4 Å². The topological polar surface area (TPSA) is 204 Å². The molecule has 1 saturated carbocycles. The number of para-hydroxylation sites is 2. The van der Waals surface area contributed by atoms with Crippen molar-refractivity contribution in [3.63, 3.8) is 0 Å². The van der Waals surface area contributed by atoms with Crippen molar-refractivity contribution in [2.24, 2.45) is 11.8 Å². The van der Waals surface area contributed by atoms with Gasteiger partial charge in [-0.15, -0.1) is 11.8 Å². The summed E-state index contributed by atoms with van der Waals surface area (Å²) in [6, 6.07) is 16.3. The molecule has 16 rings (SSSR count). The second-order valence-electron chi connectivity index (χ2n) is 23.6. The summed E-state index contributed by atoms with van der Waals surface area (Å²) in [6.07, 6.45) is 25.9. The number of ether oxygens (including phenoxy) is 8. The number of hydrogen-bond acceptors (Lipinski definition) is 20. The van der Waals surface area contributed by atoms with Gasteiger partial charge in [-0.05, 0) is 183 Å². The molecule has 2 atom stereocenters. The number of nitrogens with one attached hydrogen (secondary N) is 8. The van der Waals surface area contributed by atoms with Crippen LogP contribution in [-0.2, 0) is 51.2 Å². The van der Waals surface area contributed by atoms with Gasteiger partial charge in [-0.3, -0.25) is 0 Å². The van der Waals surface area contributed by atoms with Gasteiger partial charge in [-0.25, -0.2) is 8.42 Å². The third kappa shape index (κ3) is 110. The number of piperazine rings is 1. The summed E-state index contributed by atoms with van der Waals surface area (Å²) in [5, 5.41) is 26.2. The summed E-state index contributed by atoms with van der Waals surface area (Å²) in [6.45, 7) is 81.2. The van der Waals surface area contributed by atoms with E-state index in [-0.39, 0.29) is 0 Å². The van der Waals surface area contributed by atoms with Gasteiger partial charge in [0.25, 0.3) is 0 Å². The summed E-state index contributed by atoms with van der Waals surface area (Å²) >= 11 is 3.91. The molecule has 2 aromatic carbocycles. The smallest absolute Gasteiger partial charge is 0.161 e. The molecule has 18 nitrogen and oxygen atoms in total. The van der Waals surface area contributed by atoms with E-state index in [2.05, 4.69) is 66.8 Å². The van der Waals surface area contributed by atoms with Crippen molar-refractivity contribution in [3.8, 4) is 11.5 Å². The van der Waals surface area contributed by atoms with Crippen molar-refractivity contribution < 1.29 is 46.3 Å². The van der Waals surface area contributed by atoms with Gasteiger partial charge in [0, 0.05) is 103 Å². The van der Waals surface area contributed by atoms with Crippen LogP contribution in [0, 0.1) is 11.8 Å². The summed E-state index contributed by atoms with van der Waals surface area (Å²) in [7, 11) is -2.55. The van der Waals surface area contributed by atoms with E-state index in [1.54, 1.807) is 0 Å². The van der Waals surface area contributed by atoms with Crippen molar-refractivity contribution >= 4 is 33.4 Å². The Labute approximate surface area is 728 Å². The van der Waals surface area contributed by atoms with Gasteiger partial charge in [0.1, 0.15) is 29.8 Å². The number of sulfone groups is 1. The van der Waals surface area contributed by atoms with E-state index in [9.17, 15) is 8.42 Å². The minimum atomic E-state index is -2.55.